The number of aliphatic imine (C=N–C) groups is 1. The quantitative estimate of drug-likeness (QED) is 0.597. The Labute approximate surface area is 194 Å². The van der Waals surface area contributed by atoms with E-state index >= 15 is 0 Å². The fraction of sp³-hybridized carbons (Fsp3) is 0.480. The van der Waals surface area contributed by atoms with Gasteiger partial charge in [-0.2, -0.15) is 0 Å². The molecular formula is C25H31N3O3S. The Kier molecular flexibility index (Phi) is 6.47. The maximum atomic E-state index is 13.2. The zero-order valence-electron chi connectivity index (χ0n) is 19.5. The molecule has 32 heavy (non-hydrogen) atoms. The molecule has 0 N–H and O–H groups in total. The lowest BCUT2D eigenvalue weighted by molar-refractivity contribution is -0.143. The molecule has 0 spiro atoms. The molecular weight excluding hydrogens is 422 g/mol. The van der Waals surface area contributed by atoms with Crippen molar-refractivity contribution in [3.05, 3.63) is 57.3 Å². The number of fused-ring (bicyclic) bond motifs is 1. The van der Waals surface area contributed by atoms with Crippen molar-refractivity contribution in [2.45, 2.75) is 66.0 Å². The molecule has 7 heteroatoms. The number of ether oxygens (including phenoxy) is 1. The topological polar surface area (TPSA) is 62.2 Å². The predicted octanol–water partition coefficient (Wildman–Crippen LogP) is 4.84. The minimum atomic E-state index is -0.373. The molecule has 1 saturated heterocycles. The first-order chi connectivity index (χ1) is 15.3. The van der Waals surface area contributed by atoms with Gasteiger partial charge in [-0.25, -0.2) is 9.79 Å². The summed E-state index contributed by atoms with van der Waals surface area (Å²) in [5.74, 6) is -0.222. The van der Waals surface area contributed by atoms with E-state index in [0.717, 1.165) is 47.9 Å². The van der Waals surface area contributed by atoms with E-state index in [4.69, 9.17) is 9.73 Å². The number of carbonyl (C=O) groups excluding carboxylic acids is 2. The molecule has 0 saturated carbocycles. The first kappa shape index (κ1) is 22.6. The Morgan fingerprint density at radius 2 is 1.91 bits per heavy atom. The van der Waals surface area contributed by atoms with Crippen LogP contribution in [0.2, 0.25) is 0 Å². The van der Waals surface area contributed by atoms with Gasteiger partial charge in [0.15, 0.2) is 5.17 Å². The molecule has 3 aliphatic rings. The van der Waals surface area contributed by atoms with Crippen LogP contribution in [0.15, 0.2) is 45.6 Å². The molecule has 0 aromatic heterocycles. The minimum Gasteiger partial charge on any atom is -0.459 e. The van der Waals surface area contributed by atoms with Crippen LogP contribution in [0.25, 0.3) is 0 Å². The molecule has 3 aliphatic heterocycles. The van der Waals surface area contributed by atoms with Gasteiger partial charge in [-0.15, -0.1) is 0 Å². The molecule has 170 valence electrons. The number of hydrogen-bond acceptors (Lipinski definition) is 6. The van der Waals surface area contributed by atoms with Crippen molar-refractivity contribution in [1.82, 2.24) is 9.80 Å². The van der Waals surface area contributed by atoms with Gasteiger partial charge in [-0.3, -0.25) is 4.79 Å². The third-order valence-electron chi connectivity index (χ3n) is 6.07. The first-order valence-corrected chi connectivity index (χ1v) is 12.1. The fourth-order valence-electron chi connectivity index (χ4n) is 4.57. The summed E-state index contributed by atoms with van der Waals surface area (Å²) in [4.78, 5) is 34.9. The summed E-state index contributed by atoms with van der Waals surface area (Å²) in [6, 6.07) is 5.90. The Bertz CT molecular complexity index is 1030. The number of carbonyl (C=O) groups is 2. The summed E-state index contributed by atoms with van der Waals surface area (Å²) in [6.45, 7) is 11.3. The summed E-state index contributed by atoms with van der Waals surface area (Å²) in [5, 5.41) is 2.81. The Morgan fingerprint density at radius 1 is 1.19 bits per heavy atom. The SMILES string of the molecule is CC1=C(C(=O)OC(C)C)[C@H](c2ccc(C)cc2C)N2C(CC(=O)N3CCCC3)=CSC2=N1. The van der Waals surface area contributed by atoms with Crippen molar-refractivity contribution < 1.29 is 14.3 Å². The number of amides is 1. The van der Waals surface area contributed by atoms with E-state index in [-0.39, 0.29) is 24.0 Å². The van der Waals surface area contributed by atoms with Gasteiger partial charge in [0.05, 0.1) is 29.8 Å². The molecule has 0 radical (unpaired) electrons. The van der Waals surface area contributed by atoms with Crippen molar-refractivity contribution in [3.8, 4) is 0 Å². The van der Waals surface area contributed by atoms with Crippen LogP contribution < -0.4 is 0 Å². The summed E-state index contributed by atoms with van der Waals surface area (Å²) >= 11 is 1.51. The van der Waals surface area contributed by atoms with Crippen LogP contribution in [0.3, 0.4) is 0 Å². The largest absolute Gasteiger partial charge is 0.459 e. The lowest BCUT2D eigenvalue weighted by atomic mass is 9.90. The lowest BCUT2D eigenvalue weighted by Crippen LogP contribution is -2.39. The van der Waals surface area contributed by atoms with Gasteiger partial charge in [-0.1, -0.05) is 35.5 Å². The number of hydrogen-bond donors (Lipinski definition) is 0. The molecule has 0 bridgehead atoms. The number of benzene rings is 1. The number of amidine groups is 1. The predicted molar refractivity (Wildman–Crippen MR) is 128 cm³/mol. The Morgan fingerprint density at radius 3 is 2.56 bits per heavy atom. The van der Waals surface area contributed by atoms with Crippen LogP contribution >= 0.6 is 11.8 Å². The summed E-state index contributed by atoms with van der Waals surface area (Å²) in [7, 11) is 0. The van der Waals surface area contributed by atoms with Gasteiger partial charge >= 0.3 is 5.97 Å². The minimum absolute atomic E-state index is 0.132. The molecule has 1 aromatic rings. The van der Waals surface area contributed by atoms with Crippen molar-refractivity contribution in [1.29, 1.82) is 0 Å². The second kappa shape index (κ2) is 9.14. The highest BCUT2D eigenvalue weighted by Gasteiger charge is 2.42. The van der Waals surface area contributed by atoms with Crippen LogP contribution in [0.1, 0.15) is 62.8 Å². The van der Waals surface area contributed by atoms with Crippen LogP contribution in [0.4, 0.5) is 0 Å². The van der Waals surface area contributed by atoms with Crippen LogP contribution in [0, 0.1) is 13.8 Å². The number of esters is 1. The van der Waals surface area contributed by atoms with Crippen molar-refractivity contribution in [3.63, 3.8) is 0 Å². The number of thioether (sulfide) groups is 1. The van der Waals surface area contributed by atoms with Crippen LogP contribution in [-0.2, 0) is 14.3 Å². The average Bonchev–Trinajstić information content (AvgIpc) is 3.37. The Balaban J connectivity index is 1.75. The highest BCUT2D eigenvalue weighted by molar-refractivity contribution is 8.16. The molecule has 0 unspecified atom stereocenters. The molecule has 1 atom stereocenters. The molecule has 0 aliphatic carbocycles. The maximum absolute atomic E-state index is 13.2. The van der Waals surface area contributed by atoms with E-state index in [2.05, 4.69) is 36.9 Å². The molecule has 1 amide bonds. The van der Waals surface area contributed by atoms with Crippen molar-refractivity contribution in [2.75, 3.05) is 13.1 Å². The van der Waals surface area contributed by atoms with Crippen LogP contribution in [-0.4, -0.2) is 46.0 Å². The van der Waals surface area contributed by atoms with Gasteiger partial charge < -0.3 is 14.5 Å². The standard InChI is InChI=1S/C25H31N3O3S/c1-15(2)31-24(30)22-18(5)26-25-28(23(22)20-9-8-16(3)12-17(20)4)19(14-32-25)13-21(29)27-10-6-7-11-27/h8-9,12,14-15,23H,6-7,10-11,13H2,1-5H3/t23-/m0/s1. The van der Waals surface area contributed by atoms with Gasteiger partial charge in [0.2, 0.25) is 5.91 Å². The maximum Gasteiger partial charge on any atom is 0.338 e. The molecule has 1 aromatic carbocycles. The average molecular weight is 454 g/mol. The second-order valence-corrected chi connectivity index (χ2v) is 9.81. The van der Waals surface area contributed by atoms with E-state index in [0.29, 0.717) is 17.7 Å². The van der Waals surface area contributed by atoms with E-state index in [1.807, 2.05) is 31.1 Å². The van der Waals surface area contributed by atoms with Gasteiger partial charge in [0, 0.05) is 18.8 Å². The van der Waals surface area contributed by atoms with Gasteiger partial charge in [0.1, 0.15) is 0 Å². The first-order valence-electron chi connectivity index (χ1n) is 11.3. The lowest BCUT2D eigenvalue weighted by Gasteiger charge is -2.37. The van der Waals surface area contributed by atoms with Crippen LogP contribution in [0.5, 0.6) is 0 Å². The Hall–Kier alpha value is -2.54. The summed E-state index contributed by atoms with van der Waals surface area (Å²) in [5.41, 5.74) is 5.38. The highest BCUT2D eigenvalue weighted by atomic mass is 32.2. The molecule has 6 nitrogen and oxygen atoms in total. The van der Waals surface area contributed by atoms with E-state index < -0.39 is 0 Å². The normalized spacial score (nSPS) is 20.5. The van der Waals surface area contributed by atoms with Crippen molar-refractivity contribution >= 4 is 28.8 Å². The van der Waals surface area contributed by atoms with Crippen molar-refractivity contribution in [2.24, 2.45) is 4.99 Å². The number of allylic oxidation sites excluding steroid dienone is 1. The van der Waals surface area contributed by atoms with E-state index in [1.165, 1.54) is 17.3 Å². The third kappa shape index (κ3) is 4.35. The third-order valence-corrected chi connectivity index (χ3v) is 6.96. The van der Waals surface area contributed by atoms with E-state index in [1.54, 1.807) is 0 Å². The smallest absolute Gasteiger partial charge is 0.338 e. The number of likely N-dealkylation sites (tertiary alicyclic amines) is 1. The fourth-order valence-corrected chi connectivity index (χ4v) is 5.53. The van der Waals surface area contributed by atoms with E-state index in [9.17, 15) is 9.59 Å². The van der Waals surface area contributed by atoms with Gasteiger partial charge in [-0.05, 0) is 64.0 Å². The summed E-state index contributed by atoms with van der Waals surface area (Å²) in [6.07, 6.45) is 2.20. The zero-order chi connectivity index (χ0) is 23.0. The molecule has 4 rings (SSSR count). The zero-order valence-corrected chi connectivity index (χ0v) is 20.3. The molecule has 1 fully saturated rings. The highest BCUT2D eigenvalue weighted by Crippen LogP contribution is 2.45. The number of aryl methyl sites for hydroxylation is 2. The second-order valence-electron chi connectivity index (χ2n) is 8.97. The summed E-state index contributed by atoms with van der Waals surface area (Å²) < 4.78 is 5.63. The number of nitrogens with zero attached hydrogens (tertiary/aromatic N) is 3. The number of rotatable bonds is 5. The van der Waals surface area contributed by atoms with Gasteiger partial charge in [0.25, 0.3) is 0 Å². The molecule has 3 heterocycles. The monoisotopic (exact) mass is 453 g/mol.